The van der Waals surface area contributed by atoms with Crippen molar-refractivity contribution in [3.63, 3.8) is 0 Å². The predicted molar refractivity (Wildman–Crippen MR) is 76.5 cm³/mol. The lowest BCUT2D eigenvalue weighted by Crippen LogP contribution is -2.22. The summed E-state index contributed by atoms with van der Waals surface area (Å²) in [6.07, 6.45) is 5.60. The summed E-state index contributed by atoms with van der Waals surface area (Å²) >= 11 is 0. The van der Waals surface area contributed by atoms with Gasteiger partial charge in [-0.3, -0.25) is 9.59 Å². The SMILES string of the molecule is C/C(F)=C/C(=O)C(C)(C)CC/C=C/C(=O)C(C)(C)C. The molecule has 0 aliphatic carbocycles. The summed E-state index contributed by atoms with van der Waals surface area (Å²) in [6.45, 7) is 10.4. The number of hydrogen-bond acceptors (Lipinski definition) is 2. The van der Waals surface area contributed by atoms with Gasteiger partial charge in [0.25, 0.3) is 0 Å². The molecule has 2 nitrogen and oxygen atoms in total. The van der Waals surface area contributed by atoms with Crippen LogP contribution >= 0.6 is 0 Å². The van der Waals surface area contributed by atoms with E-state index in [0.717, 1.165) is 6.08 Å². The van der Waals surface area contributed by atoms with E-state index < -0.39 is 11.2 Å². The molecule has 0 saturated carbocycles. The minimum atomic E-state index is -0.609. The molecule has 0 aliphatic heterocycles. The zero-order valence-corrected chi connectivity index (χ0v) is 12.8. The van der Waals surface area contributed by atoms with E-state index in [1.54, 1.807) is 26.0 Å². The van der Waals surface area contributed by atoms with Crippen LogP contribution in [-0.4, -0.2) is 11.6 Å². The van der Waals surface area contributed by atoms with Gasteiger partial charge in [-0.15, -0.1) is 0 Å². The number of ketones is 2. The first-order valence-electron chi connectivity index (χ1n) is 6.56. The van der Waals surface area contributed by atoms with Crippen molar-refractivity contribution in [3.05, 3.63) is 24.1 Å². The van der Waals surface area contributed by atoms with E-state index in [2.05, 4.69) is 0 Å². The maximum absolute atomic E-state index is 12.7. The Hall–Kier alpha value is -1.25. The van der Waals surface area contributed by atoms with Crippen LogP contribution in [0.3, 0.4) is 0 Å². The zero-order chi connectivity index (χ0) is 15.3. The van der Waals surface area contributed by atoms with Gasteiger partial charge < -0.3 is 0 Å². The Labute approximate surface area is 115 Å². The molecule has 0 atom stereocenters. The van der Waals surface area contributed by atoms with E-state index in [9.17, 15) is 14.0 Å². The lowest BCUT2D eigenvalue weighted by atomic mass is 9.82. The van der Waals surface area contributed by atoms with E-state index in [-0.39, 0.29) is 17.0 Å². The third-order valence-electron chi connectivity index (χ3n) is 2.94. The highest BCUT2D eigenvalue weighted by atomic mass is 19.1. The maximum atomic E-state index is 12.7. The van der Waals surface area contributed by atoms with Crippen LogP contribution in [0, 0.1) is 10.8 Å². The van der Waals surface area contributed by atoms with E-state index in [4.69, 9.17) is 0 Å². The molecule has 0 amide bonds. The Kier molecular flexibility index (Phi) is 6.34. The van der Waals surface area contributed by atoms with Crippen molar-refractivity contribution in [3.8, 4) is 0 Å². The normalized spacial score (nSPS) is 13.9. The molecule has 0 rings (SSSR count). The largest absolute Gasteiger partial charge is 0.294 e. The Balaban J connectivity index is 4.42. The molecule has 0 unspecified atom stereocenters. The minimum absolute atomic E-state index is 0.0659. The molecular weight excluding hydrogens is 243 g/mol. The molecule has 0 saturated heterocycles. The monoisotopic (exact) mass is 268 g/mol. The Morgan fingerprint density at radius 3 is 2.00 bits per heavy atom. The highest BCUT2D eigenvalue weighted by molar-refractivity contribution is 5.95. The number of halogens is 1. The number of hydrogen-bond donors (Lipinski definition) is 0. The van der Waals surface area contributed by atoms with Crippen LogP contribution in [0.2, 0.25) is 0 Å². The van der Waals surface area contributed by atoms with Crippen LogP contribution in [0.15, 0.2) is 24.1 Å². The standard InChI is InChI=1S/C16H25FO2/c1-12(17)11-14(19)16(5,6)10-8-7-9-13(18)15(2,3)4/h7,9,11H,8,10H2,1-6H3/b9-7+,12-11-. The van der Waals surface area contributed by atoms with E-state index >= 15 is 0 Å². The molecule has 0 bridgehead atoms. The molecule has 0 heterocycles. The first kappa shape index (κ1) is 17.8. The summed E-state index contributed by atoms with van der Waals surface area (Å²) in [6, 6.07) is 0. The predicted octanol–water partition coefficient (Wildman–Crippen LogP) is 4.41. The van der Waals surface area contributed by atoms with Gasteiger partial charge in [0.15, 0.2) is 11.6 Å². The number of carbonyl (C=O) groups is 2. The second kappa shape index (κ2) is 6.78. The highest BCUT2D eigenvalue weighted by Crippen LogP contribution is 2.25. The summed E-state index contributed by atoms with van der Waals surface area (Å²) in [5.41, 5.74) is -0.988. The van der Waals surface area contributed by atoms with E-state index in [1.165, 1.54) is 6.92 Å². The van der Waals surface area contributed by atoms with E-state index in [1.807, 2.05) is 20.8 Å². The quantitative estimate of drug-likeness (QED) is 0.669. The van der Waals surface area contributed by atoms with Gasteiger partial charge in [0.05, 0.1) is 0 Å². The first-order chi connectivity index (χ1) is 8.47. The molecule has 0 aromatic rings. The van der Waals surface area contributed by atoms with Crippen molar-refractivity contribution in [2.45, 2.75) is 54.4 Å². The second-order valence-electron chi connectivity index (χ2n) is 6.53. The fraction of sp³-hybridized carbons (Fsp3) is 0.625. The number of allylic oxidation sites excluding steroid dienone is 4. The lowest BCUT2D eigenvalue weighted by Gasteiger charge is -2.20. The highest BCUT2D eigenvalue weighted by Gasteiger charge is 2.25. The average Bonchev–Trinajstić information content (AvgIpc) is 2.21. The Morgan fingerprint density at radius 2 is 1.58 bits per heavy atom. The molecule has 0 aromatic heterocycles. The Morgan fingerprint density at radius 1 is 1.05 bits per heavy atom. The summed E-state index contributed by atoms with van der Waals surface area (Å²) in [7, 11) is 0. The van der Waals surface area contributed by atoms with Gasteiger partial charge in [-0.25, -0.2) is 4.39 Å². The maximum Gasteiger partial charge on any atom is 0.163 e. The van der Waals surface area contributed by atoms with Crippen LogP contribution in [0.1, 0.15) is 54.4 Å². The average molecular weight is 268 g/mol. The van der Waals surface area contributed by atoms with Gasteiger partial charge in [0.2, 0.25) is 0 Å². The third kappa shape index (κ3) is 7.04. The van der Waals surface area contributed by atoms with Crippen molar-refractivity contribution in [1.82, 2.24) is 0 Å². The first-order valence-corrected chi connectivity index (χ1v) is 6.56. The zero-order valence-electron chi connectivity index (χ0n) is 12.8. The molecule has 3 heteroatoms. The molecule has 0 fully saturated rings. The van der Waals surface area contributed by atoms with Crippen molar-refractivity contribution < 1.29 is 14.0 Å². The molecule has 108 valence electrons. The molecule has 0 radical (unpaired) electrons. The molecule has 0 N–H and O–H groups in total. The number of rotatable bonds is 6. The summed E-state index contributed by atoms with van der Waals surface area (Å²) in [5, 5.41) is 0. The second-order valence-corrected chi connectivity index (χ2v) is 6.53. The lowest BCUT2D eigenvalue weighted by molar-refractivity contribution is -0.122. The van der Waals surface area contributed by atoms with E-state index in [0.29, 0.717) is 12.8 Å². The van der Waals surface area contributed by atoms with Crippen LogP contribution in [0.5, 0.6) is 0 Å². The fourth-order valence-electron chi connectivity index (χ4n) is 1.38. The summed E-state index contributed by atoms with van der Waals surface area (Å²) < 4.78 is 12.7. The van der Waals surface area contributed by atoms with Crippen molar-refractivity contribution in [2.75, 3.05) is 0 Å². The molecule has 19 heavy (non-hydrogen) atoms. The van der Waals surface area contributed by atoms with Crippen LogP contribution in [0.25, 0.3) is 0 Å². The van der Waals surface area contributed by atoms with Gasteiger partial charge in [0, 0.05) is 16.9 Å². The van der Waals surface area contributed by atoms with Gasteiger partial charge in [-0.05, 0) is 25.8 Å². The van der Waals surface area contributed by atoms with Crippen molar-refractivity contribution in [1.29, 1.82) is 0 Å². The molecular formula is C16H25FO2. The molecule has 0 spiro atoms. The van der Waals surface area contributed by atoms with Crippen LogP contribution < -0.4 is 0 Å². The van der Waals surface area contributed by atoms with Crippen molar-refractivity contribution >= 4 is 11.6 Å². The fourth-order valence-corrected chi connectivity index (χ4v) is 1.38. The molecule has 0 aliphatic rings. The smallest absolute Gasteiger partial charge is 0.163 e. The third-order valence-corrected chi connectivity index (χ3v) is 2.94. The van der Waals surface area contributed by atoms with Gasteiger partial charge >= 0.3 is 0 Å². The summed E-state index contributed by atoms with van der Waals surface area (Å²) in [4.78, 5) is 23.4. The van der Waals surface area contributed by atoms with Crippen molar-refractivity contribution in [2.24, 2.45) is 10.8 Å². The van der Waals surface area contributed by atoms with Gasteiger partial charge in [0.1, 0.15) is 5.83 Å². The van der Waals surface area contributed by atoms with Gasteiger partial charge in [-0.2, -0.15) is 0 Å². The summed E-state index contributed by atoms with van der Waals surface area (Å²) in [5.74, 6) is -0.629. The van der Waals surface area contributed by atoms with Gasteiger partial charge in [-0.1, -0.05) is 40.7 Å². The Bertz CT molecular complexity index is 391. The number of carbonyl (C=O) groups excluding carboxylic acids is 2. The van der Waals surface area contributed by atoms with Crippen LogP contribution in [-0.2, 0) is 9.59 Å². The van der Waals surface area contributed by atoms with Crippen LogP contribution in [0.4, 0.5) is 4.39 Å². The molecule has 0 aromatic carbocycles. The minimum Gasteiger partial charge on any atom is -0.294 e. The topological polar surface area (TPSA) is 34.1 Å².